The number of nitrogens with one attached hydrogen (secondary N) is 2. The summed E-state index contributed by atoms with van der Waals surface area (Å²) >= 11 is 3.48. The average Bonchev–Trinajstić information content (AvgIpc) is 2.62. The Morgan fingerprint density at radius 2 is 1.68 bits per heavy atom. The lowest BCUT2D eigenvalue weighted by molar-refractivity contribution is 0.409. The van der Waals surface area contributed by atoms with Gasteiger partial charge in [0, 0.05) is 30.2 Å². The van der Waals surface area contributed by atoms with Gasteiger partial charge in [-0.2, -0.15) is 0 Å². The van der Waals surface area contributed by atoms with Gasteiger partial charge in [-0.1, -0.05) is 28.1 Å². The molecule has 0 saturated carbocycles. The molecule has 25 heavy (non-hydrogen) atoms. The van der Waals surface area contributed by atoms with Gasteiger partial charge in [0.1, 0.15) is 11.5 Å². The van der Waals surface area contributed by atoms with Gasteiger partial charge in [0.2, 0.25) is 0 Å². The fourth-order valence-electron chi connectivity index (χ4n) is 2.21. The molecule has 0 spiro atoms. The van der Waals surface area contributed by atoms with Gasteiger partial charge in [-0.3, -0.25) is 4.99 Å². The highest BCUT2D eigenvalue weighted by molar-refractivity contribution is 14.0. The third kappa shape index (κ3) is 6.74. The number of nitrogens with zero attached hydrogens (tertiary/aromatic N) is 1. The molecular formula is C18H23BrIN3O2. The minimum Gasteiger partial charge on any atom is -0.497 e. The van der Waals surface area contributed by atoms with Gasteiger partial charge in [0.25, 0.3) is 0 Å². The number of hydrogen-bond donors (Lipinski definition) is 2. The van der Waals surface area contributed by atoms with E-state index < -0.39 is 0 Å². The second-order valence-corrected chi connectivity index (χ2v) is 6.00. The Balaban J connectivity index is 0.00000312. The van der Waals surface area contributed by atoms with Crippen molar-refractivity contribution in [1.29, 1.82) is 0 Å². The molecule has 0 saturated heterocycles. The van der Waals surface area contributed by atoms with Crippen molar-refractivity contribution in [2.45, 2.75) is 13.1 Å². The number of ether oxygens (including phenoxy) is 2. The summed E-state index contributed by atoms with van der Waals surface area (Å²) in [6.45, 7) is 1.30. The molecule has 0 radical (unpaired) electrons. The Kier molecular flexibility index (Phi) is 9.66. The molecule has 0 aliphatic rings. The molecule has 2 aromatic rings. The van der Waals surface area contributed by atoms with Crippen LogP contribution >= 0.6 is 39.9 Å². The minimum atomic E-state index is 0. The summed E-state index contributed by atoms with van der Waals surface area (Å²) in [7, 11) is 5.08. The molecule has 0 atom stereocenters. The highest BCUT2D eigenvalue weighted by Gasteiger charge is 2.05. The van der Waals surface area contributed by atoms with E-state index in [2.05, 4.69) is 31.6 Å². The first kappa shape index (κ1) is 21.6. The molecule has 0 aromatic heterocycles. The first-order valence-electron chi connectivity index (χ1n) is 7.56. The van der Waals surface area contributed by atoms with Gasteiger partial charge in [0.05, 0.1) is 14.2 Å². The Labute approximate surface area is 174 Å². The van der Waals surface area contributed by atoms with Gasteiger partial charge in [0.15, 0.2) is 5.96 Å². The number of methoxy groups -OCH3 is 2. The summed E-state index contributed by atoms with van der Waals surface area (Å²) in [5, 5.41) is 6.58. The Bertz CT molecular complexity index is 693. The van der Waals surface area contributed by atoms with Gasteiger partial charge < -0.3 is 20.1 Å². The van der Waals surface area contributed by atoms with Crippen molar-refractivity contribution in [3.8, 4) is 11.5 Å². The summed E-state index contributed by atoms with van der Waals surface area (Å²) in [4.78, 5) is 4.25. The van der Waals surface area contributed by atoms with Crippen molar-refractivity contribution in [2.75, 3.05) is 21.3 Å². The van der Waals surface area contributed by atoms with Crippen LogP contribution in [0.4, 0.5) is 0 Å². The highest BCUT2D eigenvalue weighted by atomic mass is 127. The molecular weight excluding hydrogens is 497 g/mol. The monoisotopic (exact) mass is 519 g/mol. The van der Waals surface area contributed by atoms with E-state index in [1.807, 2.05) is 42.5 Å². The Hall–Kier alpha value is -1.48. The normalized spacial score (nSPS) is 10.6. The maximum atomic E-state index is 5.38. The van der Waals surface area contributed by atoms with Crippen LogP contribution in [0.5, 0.6) is 11.5 Å². The summed E-state index contributed by atoms with van der Waals surface area (Å²) < 4.78 is 11.6. The van der Waals surface area contributed by atoms with E-state index in [-0.39, 0.29) is 24.0 Å². The van der Waals surface area contributed by atoms with E-state index >= 15 is 0 Å². The fraction of sp³-hybridized carbons (Fsp3) is 0.278. The molecule has 0 amide bonds. The third-order valence-electron chi connectivity index (χ3n) is 3.53. The second-order valence-electron chi connectivity index (χ2n) is 5.08. The zero-order chi connectivity index (χ0) is 17.4. The predicted octanol–water partition coefficient (Wildman–Crippen LogP) is 3.95. The maximum Gasteiger partial charge on any atom is 0.191 e. The molecule has 2 aromatic carbocycles. The molecule has 0 unspecified atom stereocenters. The second kappa shape index (κ2) is 11.2. The number of halogens is 2. The molecule has 2 N–H and O–H groups in total. The average molecular weight is 520 g/mol. The lowest BCUT2D eigenvalue weighted by atomic mass is 10.2. The third-order valence-corrected chi connectivity index (χ3v) is 4.02. The molecule has 0 heterocycles. The van der Waals surface area contributed by atoms with E-state index in [4.69, 9.17) is 9.47 Å². The highest BCUT2D eigenvalue weighted by Crippen LogP contribution is 2.22. The van der Waals surface area contributed by atoms with Gasteiger partial charge >= 0.3 is 0 Å². The largest absolute Gasteiger partial charge is 0.497 e. The van der Waals surface area contributed by atoms with Crippen molar-refractivity contribution >= 4 is 45.9 Å². The van der Waals surface area contributed by atoms with Crippen LogP contribution in [0, 0.1) is 0 Å². The molecule has 0 aliphatic carbocycles. The maximum absolute atomic E-state index is 5.38. The van der Waals surface area contributed by atoms with Crippen molar-refractivity contribution < 1.29 is 9.47 Å². The fourth-order valence-corrected chi connectivity index (χ4v) is 2.62. The number of benzene rings is 2. The lowest BCUT2D eigenvalue weighted by Crippen LogP contribution is -2.36. The van der Waals surface area contributed by atoms with E-state index in [0.717, 1.165) is 33.1 Å². The quantitative estimate of drug-likeness (QED) is 0.345. The van der Waals surface area contributed by atoms with Crippen LogP contribution < -0.4 is 20.1 Å². The van der Waals surface area contributed by atoms with Crippen molar-refractivity contribution in [1.82, 2.24) is 10.6 Å². The van der Waals surface area contributed by atoms with Gasteiger partial charge in [-0.05, 0) is 35.9 Å². The summed E-state index contributed by atoms with van der Waals surface area (Å²) in [6.07, 6.45) is 0. The molecule has 0 bridgehead atoms. The first-order valence-corrected chi connectivity index (χ1v) is 8.35. The molecule has 5 nitrogen and oxygen atoms in total. The molecule has 136 valence electrons. The molecule has 7 heteroatoms. The van der Waals surface area contributed by atoms with E-state index in [1.54, 1.807) is 21.3 Å². The smallest absolute Gasteiger partial charge is 0.191 e. The zero-order valence-corrected chi connectivity index (χ0v) is 18.4. The topological polar surface area (TPSA) is 54.9 Å². The standard InChI is InChI=1S/C18H22BrN3O2.HI/c1-20-18(21-11-13-4-7-16(23-2)8-5-13)22-12-14-10-15(19)6-9-17(14)24-3;/h4-10H,11-12H2,1-3H3,(H2,20,21,22);1H. The van der Waals surface area contributed by atoms with Crippen molar-refractivity contribution in [2.24, 2.45) is 4.99 Å². The Morgan fingerprint density at radius 1 is 1.00 bits per heavy atom. The van der Waals surface area contributed by atoms with Crippen LogP contribution in [-0.2, 0) is 13.1 Å². The number of guanidine groups is 1. The zero-order valence-electron chi connectivity index (χ0n) is 14.5. The van der Waals surface area contributed by atoms with Crippen molar-refractivity contribution in [3.63, 3.8) is 0 Å². The van der Waals surface area contributed by atoms with E-state index in [1.165, 1.54) is 0 Å². The molecule has 0 aliphatic heterocycles. The summed E-state index contributed by atoms with van der Waals surface area (Å²) in [5.74, 6) is 2.42. The first-order chi connectivity index (χ1) is 11.7. The molecule has 0 fully saturated rings. The van der Waals surface area contributed by atoms with E-state index in [9.17, 15) is 0 Å². The lowest BCUT2D eigenvalue weighted by Gasteiger charge is -2.14. The van der Waals surface area contributed by atoms with E-state index in [0.29, 0.717) is 13.1 Å². The van der Waals surface area contributed by atoms with Gasteiger partial charge in [-0.15, -0.1) is 24.0 Å². The molecule has 2 rings (SSSR count). The van der Waals surface area contributed by atoms with Gasteiger partial charge in [-0.25, -0.2) is 0 Å². The number of aliphatic imine (C=N–C) groups is 1. The summed E-state index contributed by atoms with van der Waals surface area (Å²) in [6, 6.07) is 13.9. The van der Waals surface area contributed by atoms with Crippen LogP contribution in [-0.4, -0.2) is 27.2 Å². The van der Waals surface area contributed by atoms with Crippen LogP contribution in [0.15, 0.2) is 51.9 Å². The van der Waals surface area contributed by atoms with Crippen molar-refractivity contribution in [3.05, 3.63) is 58.1 Å². The van der Waals surface area contributed by atoms with Crippen LogP contribution in [0.2, 0.25) is 0 Å². The Morgan fingerprint density at radius 3 is 2.28 bits per heavy atom. The SMILES string of the molecule is CN=C(NCc1ccc(OC)cc1)NCc1cc(Br)ccc1OC.I. The van der Waals surface area contributed by atoms with Crippen LogP contribution in [0.25, 0.3) is 0 Å². The minimum absolute atomic E-state index is 0. The number of hydrogen-bond acceptors (Lipinski definition) is 3. The van der Waals surface area contributed by atoms with Crippen LogP contribution in [0.1, 0.15) is 11.1 Å². The van der Waals surface area contributed by atoms with Crippen LogP contribution in [0.3, 0.4) is 0 Å². The number of rotatable bonds is 6. The summed E-state index contributed by atoms with van der Waals surface area (Å²) in [5.41, 5.74) is 2.21. The predicted molar refractivity (Wildman–Crippen MR) is 116 cm³/mol.